The van der Waals surface area contributed by atoms with Gasteiger partial charge >= 0.3 is 0 Å². The van der Waals surface area contributed by atoms with E-state index >= 15 is 0 Å². The zero-order valence-electron chi connectivity index (χ0n) is 12.1. The Hall–Kier alpha value is -1.10. The first-order chi connectivity index (χ1) is 9.20. The van der Waals surface area contributed by atoms with Gasteiger partial charge in [-0.25, -0.2) is 0 Å². The van der Waals surface area contributed by atoms with E-state index in [2.05, 4.69) is 29.8 Å². The number of unbranched alkanes of at least 4 members (excludes halogenated alkanes) is 2. The summed E-state index contributed by atoms with van der Waals surface area (Å²) in [5.41, 5.74) is 0. The molecule has 2 unspecified atom stereocenters. The molecule has 0 aromatic rings. The average molecular weight is 269 g/mol. The molecular weight excluding hydrogens is 242 g/mol. The minimum absolute atomic E-state index is 0.00842. The maximum atomic E-state index is 12.0. The predicted molar refractivity (Wildman–Crippen MR) is 75.7 cm³/mol. The third kappa shape index (κ3) is 5.19. The minimum Gasteiger partial charge on any atom is -0.356 e. The van der Waals surface area contributed by atoms with Crippen LogP contribution in [-0.4, -0.2) is 38.0 Å². The summed E-state index contributed by atoms with van der Waals surface area (Å²) >= 11 is 0. The van der Waals surface area contributed by atoms with E-state index in [-0.39, 0.29) is 23.7 Å². The fourth-order valence-electron chi connectivity index (χ4n) is 2.27. The Bertz CT molecular complexity index is 266. The van der Waals surface area contributed by atoms with E-state index in [1.54, 1.807) is 0 Å². The molecule has 0 bridgehead atoms. The van der Waals surface area contributed by atoms with Gasteiger partial charge in [-0.2, -0.15) is 0 Å². The van der Waals surface area contributed by atoms with Crippen molar-refractivity contribution in [1.82, 2.24) is 16.0 Å². The highest BCUT2D eigenvalue weighted by Crippen LogP contribution is 2.17. The highest BCUT2D eigenvalue weighted by molar-refractivity contribution is 5.88. The molecule has 0 aromatic heterocycles. The SMILES string of the molecule is CCCCNC(=O)C1CNCC1C(=O)NCCCC. The first-order valence-corrected chi connectivity index (χ1v) is 7.46. The normalized spacial score (nSPS) is 22.2. The molecule has 1 aliphatic rings. The van der Waals surface area contributed by atoms with Crippen LogP contribution in [0, 0.1) is 11.8 Å². The van der Waals surface area contributed by atoms with Crippen LogP contribution in [0.5, 0.6) is 0 Å². The molecule has 110 valence electrons. The van der Waals surface area contributed by atoms with Crippen molar-refractivity contribution < 1.29 is 9.59 Å². The standard InChI is InChI=1S/C14H27N3O2/c1-3-5-7-16-13(18)11-9-15-10-12(11)14(19)17-8-6-4-2/h11-12,15H,3-10H2,1-2H3,(H,16,18)(H,17,19). The van der Waals surface area contributed by atoms with Crippen LogP contribution >= 0.6 is 0 Å². The number of hydrogen-bond donors (Lipinski definition) is 3. The molecule has 1 aliphatic heterocycles. The van der Waals surface area contributed by atoms with Crippen LogP contribution in [0.4, 0.5) is 0 Å². The van der Waals surface area contributed by atoms with Crippen LogP contribution in [0.15, 0.2) is 0 Å². The van der Waals surface area contributed by atoms with Gasteiger partial charge < -0.3 is 16.0 Å². The lowest BCUT2D eigenvalue weighted by Gasteiger charge is -2.17. The molecule has 1 saturated heterocycles. The van der Waals surface area contributed by atoms with Crippen LogP contribution < -0.4 is 16.0 Å². The smallest absolute Gasteiger partial charge is 0.225 e. The Balaban J connectivity index is 2.39. The zero-order valence-corrected chi connectivity index (χ0v) is 12.1. The molecular formula is C14H27N3O2. The van der Waals surface area contributed by atoms with Crippen LogP contribution in [0.3, 0.4) is 0 Å². The van der Waals surface area contributed by atoms with Crippen molar-refractivity contribution >= 4 is 11.8 Å². The number of rotatable bonds is 8. The van der Waals surface area contributed by atoms with E-state index in [0.29, 0.717) is 26.2 Å². The Morgan fingerprint density at radius 1 is 0.947 bits per heavy atom. The Morgan fingerprint density at radius 3 is 1.74 bits per heavy atom. The molecule has 19 heavy (non-hydrogen) atoms. The summed E-state index contributed by atoms with van der Waals surface area (Å²) in [5, 5.41) is 8.98. The van der Waals surface area contributed by atoms with Gasteiger partial charge in [0, 0.05) is 26.2 Å². The summed E-state index contributed by atoms with van der Waals surface area (Å²) in [6.45, 7) is 6.79. The molecule has 0 radical (unpaired) electrons. The van der Waals surface area contributed by atoms with Crippen molar-refractivity contribution in [2.75, 3.05) is 26.2 Å². The van der Waals surface area contributed by atoms with Crippen molar-refractivity contribution in [3.8, 4) is 0 Å². The average Bonchev–Trinajstić information content (AvgIpc) is 2.88. The number of carbonyl (C=O) groups is 2. The van der Waals surface area contributed by atoms with E-state index in [4.69, 9.17) is 0 Å². The first-order valence-electron chi connectivity index (χ1n) is 7.46. The zero-order chi connectivity index (χ0) is 14.1. The first kappa shape index (κ1) is 16.0. The van der Waals surface area contributed by atoms with Gasteiger partial charge in [-0.05, 0) is 12.8 Å². The van der Waals surface area contributed by atoms with E-state index in [1.165, 1.54) is 0 Å². The summed E-state index contributed by atoms with van der Waals surface area (Å²) in [5.74, 6) is -0.430. The largest absolute Gasteiger partial charge is 0.356 e. The summed E-state index contributed by atoms with van der Waals surface area (Å²) in [6.07, 6.45) is 4.09. The lowest BCUT2D eigenvalue weighted by atomic mass is 9.94. The van der Waals surface area contributed by atoms with E-state index in [1.807, 2.05) is 0 Å². The highest BCUT2D eigenvalue weighted by atomic mass is 16.2. The molecule has 0 saturated carbocycles. The van der Waals surface area contributed by atoms with Crippen LogP contribution in [0.1, 0.15) is 39.5 Å². The molecule has 0 aliphatic carbocycles. The molecule has 5 heteroatoms. The molecule has 1 fully saturated rings. The second-order valence-electron chi connectivity index (χ2n) is 5.16. The summed E-state index contributed by atoms with van der Waals surface area (Å²) in [4.78, 5) is 24.1. The molecule has 3 N–H and O–H groups in total. The summed E-state index contributed by atoms with van der Waals surface area (Å²) < 4.78 is 0. The van der Waals surface area contributed by atoms with Gasteiger partial charge in [0.15, 0.2) is 0 Å². The maximum absolute atomic E-state index is 12.0. The topological polar surface area (TPSA) is 70.2 Å². The van der Waals surface area contributed by atoms with Gasteiger partial charge in [0.2, 0.25) is 11.8 Å². The van der Waals surface area contributed by atoms with E-state index in [0.717, 1.165) is 25.7 Å². The number of carbonyl (C=O) groups excluding carboxylic acids is 2. The van der Waals surface area contributed by atoms with Gasteiger partial charge in [0.1, 0.15) is 0 Å². The number of hydrogen-bond acceptors (Lipinski definition) is 3. The summed E-state index contributed by atoms with van der Waals surface area (Å²) in [7, 11) is 0. The Kier molecular flexibility index (Phi) is 7.48. The van der Waals surface area contributed by atoms with Crippen molar-refractivity contribution in [1.29, 1.82) is 0 Å². The molecule has 1 rings (SSSR count). The second-order valence-corrected chi connectivity index (χ2v) is 5.16. The predicted octanol–water partition coefficient (Wildman–Crippen LogP) is 0.655. The quantitative estimate of drug-likeness (QED) is 0.567. The molecule has 1 heterocycles. The third-order valence-electron chi connectivity index (χ3n) is 3.55. The van der Waals surface area contributed by atoms with Crippen LogP contribution in [0.2, 0.25) is 0 Å². The molecule has 5 nitrogen and oxygen atoms in total. The van der Waals surface area contributed by atoms with E-state index in [9.17, 15) is 9.59 Å². The van der Waals surface area contributed by atoms with Gasteiger partial charge in [-0.15, -0.1) is 0 Å². The third-order valence-corrected chi connectivity index (χ3v) is 3.55. The van der Waals surface area contributed by atoms with Crippen molar-refractivity contribution in [2.45, 2.75) is 39.5 Å². The van der Waals surface area contributed by atoms with Gasteiger partial charge in [0.25, 0.3) is 0 Å². The fourth-order valence-corrected chi connectivity index (χ4v) is 2.27. The van der Waals surface area contributed by atoms with Crippen LogP contribution in [-0.2, 0) is 9.59 Å². The van der Waals surface area contributed by atoms with E-state index < -0.39 is 0 Å². The number of amides is 2. The number of nitrogens with one attached hydrogen (secondary N) is 3. The molecule has 2 atom stereocenters. The molecule has 0 spiro atoms. The van der Waals surface area contributed by atoms with Crippen molar-refractivity contribution in [3.05, 3.63) is 0 Å². The maximum Gasteiger partial charge on any atom is 0.225 e. The second kappa shape index (κ2) is 8.91. The molecule has 0 aromatic carbocycles. The summed E-state index contributed by atoms with van der Waals surface area (Å²) in [6, 6.07) is 0. The lowest BCUT2D eigenvalue weighted by molar-refractivity contribution is -0.132. The van der Waals surface area contributed by atoms with Crippen LogP contribution in [0.25, 0.3) is 0 Å². The highest BCUT2D eigenvalue weighted by Gasteiger charge is 2.37. The Labute approximate surface area is 115 Å². The minimum atomic E-state index is -0.224. The van der Waals surface area contributed by atoms with Gasteiger partial charge in [-0.1, -0.05) is 26.7 Å². The fraction of sp³-hybridized carbons (Fsp3) is 0.857. The Morgan fingerprint density at radius 2 is 1.37 bits per heavy atom. The monoisotopic (exact) mass is 269 g/mol. The van der Waals surface area contributed by atoms with Gasteiger partial charge in [0.05, 0.1) is 11.8 Å². The lowest BCUT2D eigenvalue weighted by Crippen LogP contribution is -2.42. The van der Waals surface area contributed by atoms with Crippen molar-refractivity contribution in [3.63, 3.8) is 0 Å². The molecule has 2 amide bonds. The van der Waals surface area contributed by atoms with Gasteiger partial charge in [-0.3, -0.25) is 9.59 Å². The van der Waals surface area contributed by atoms with Crippen molar-refractivity contribution in [2.24, 2.45) is 11.8 Å².